The number of ether oxygens (including phenoxy) is 1. The van der Waals surface area contributed by atoms with E-state index in [1.54, 1.807) is 62.7 Å². The van der Waals surface area contributed by atoms with E-state index < -0.39 is 17.7 Å². The summed E-state index contributed by atoms with van der Waals surface area (Å²) in [4.78, 5) is 26.0. The summed E-state index contributed by atoms with van der Waals surface area (Å²) in [6, 6.07) is 13.3. The fourth-order valence-corrected chi connectivity index (χ4v) is 3.15. The van der Waals surface area contributed by atoms with Gasteiger partial charge in [-0.05, 0) is 29.8 Å². The van der Waals surface area contributed by atoms with Crippen molar-refractivity contribution >= 4 is 33.4 Å². The van der Waals surface area contributed by atoms with Crippen LogP contribution in [0.5, 0.6) is 5.75 Å². The number of likely N-dealkylation sites (tertiary alicyclic amines) is 1. The van der Waals surface area contributed by atoms with Crippen LogP contribution in [0.25, 0.3) is 5.76 Å². The number of Topliss-reactive ketones (excluding diaryl/α,β-unsaturated/α-hetero) is 1. The maximum absolute atomic E-state index is 12.5. The highest BCUT2D eigenvalue weighted by molar-refractivity contribution is 9.10. The summed E-state index contributed by atoms with van der Waals surface area (Å²) in [6.45, 7) is 0. The van der Waals surface area contributed by atoms with Crippen LogP contribution in [0.3, 0.4) is 0 Å². The van der Waals surface area contributed by atoms with Crippen LogP contribution in [0, 0.1) is 0 Å². The van der Waals surface area contributed by atoms with Crippen LogP contribution in [0.4, 0.5) is 0 Å². The lowest BCUT2D eigenvalue weighted by atomic mass is 9.95. The molecule has 1 atom stereocenters. The molecule has 0 aliphatic carbocycles. The number of hydrogen-bond acceptors (Lipinski definition) is 4. The minimum Gasteiger partial charge on any atom is -0.507 e. The molecule has 0 spiro atoms. The van der Waals surface area contributed by atoms with Crippen molar-refractivity contribution in [3.05, 3.63) is 69.7 Å². The summed E-state index contributed by atoms with van der Waals surface area (Å²) in [7, 11) is 3.12. The van der Waals surface area contributed by atoms with Crippen molar-refractivity contribution in [1.29, 1.82) is 0 Å². The molecule has 1 saturated heterocycles. The van der Waals surface area contributed by atoms with Crippen LogP contribution < -0.4 is 4.74 Å². The van der Waals surface area contributed by atoms with Gasteiger partial charge in [-0.2, -0.15) is 0 Å². The molecular weight excluding hydrogens is 386 g/mol. The molecule has 1 amide bonds. The first-order chi connectivity index (χ1) is 11.9. The van der Waals surface area contributed by atoms with Crippen LogP contribution in [0.1, 0.15) is 17.2 Å². The van der Waals surface area contributed by atoms with Crippen molar-refractivity contribution in [3.63, 3.8) is 0 Å². The predicted molar refractivity (Wildman–Crippen MR) is 97.2 cm³/mol. The number of aliphatic hydroxyl groups excluding tert-OH is 1. The van der Waals surface area contributed by atoms with Crippen LogP contribution in [-0.2, 0) is 9.59 Å². The number of nitrogens with zero attached hydrogens (tertiary/aromatic N) is 1. The molecule has 2 aromatic carbocycles. The smallest absolute Gasteiger partial charge is 0.295 e. The van der Waals surface area contributed by atoms with Crippen molar-refractivity contribution in [2.24, 2.45) is 0 Å². The largest absolute Gasteiger partial charge is 0.507 e. The fraction of sp³-hybridized carbons (Fsp3) is 0.158. The number of amides is 1. The number of carbonyl (C=O) groups is 2. The summed E-state index contributed by atoms with van der Waals surface area (Å²) >= 11 is 3.33. The highest BCUT2D eigenvalue weighted by atomic mass is 79.9. The Labute approximate surface area is 153 Å². The fourth-order valence-electron chi connectivity index (χ4n) is 2.89. The molecule has 6 heteroatoms. The van der Waals surface area contributed by atoms with Gasteiger partial charge in [-0.15, -0.1) is 0 Å². The molecule has 1 aliphatic heterocycles. The molecule has 0 bridgehead atoms. The van der Waals surface area contributed by atoms with Gasteiger partial charge in [0, 0.05) is 17.1 Å². The molecule has 1 N–H and O–H groups in total. The number of methoxy groups -OCH3 is 1. The van der Waals surface area contributed by atoms with Crippen LogP contribution in [-0.4, -0.2) is 35.9 Å². The third-order valence-corrected chi connectivity index (χ3v) is 4.75. The maximum atomic E-state index is 12.5. The van der Waals surface area contributed by atoms with Gasteiger partial charge in [-0.1, -0.05) is 40.2 Å². The second kappa shape index (κ2) is 6.72. The van der Waals surface area contributed by atoms with Gasteiger partial charge in [0.2, 0.25) is 0 Å². The topological polar surface area (TPSA) is 66.8 Å². The summed E-state index contributed by atoms with van der Waals surface area (Å²) in [5.74, 6) is -0.844. The molecule has 0 aromatic heterocycles. The Bertz CT molecular complexity index is 856. The first-order valence-corrected chi connectivity index (χ1v) is 8.38. The van der Waals surface area contributed by atoms with Gasteiger partial charge in [-0.25, -0.2) is 0 Å². The summed E-state index contributed by atoms with van der Waals surface area (Å²) in [6.07, 6.45) is 0. The molecule has 1 aliphatic rings. The third kappa shape index (κ3) is 3.05. The Morgan fingerprint density at radius 2 is 1.68 bits per heavy atom. The summed E-state index contributed by atoms with van der Waals surface area (Å²) < 4.78 is 6.00. The van der Waals surface area contributed by atoms with E-state index >= 15 is 0 Å². The van der Waals surface area contributed by atoms with Crippen LogP contribution in [0.15, 0.2) is 58.6 Å². The zero-order chi connectivity index (χ0) is 18.1. The Morgan fingerprint density at radius 1 is 1.08 bits per heavy atom. The Morgan fingerprint density at radius 3 is 2.24 bits per heavy atom. The van der Waals surface area contributed by atoms with E-state index in [1.807, 2.05) is 0 Å². The molecular formula is C19H16BrNO4. The number of halogens is 1. The van der Waals surface area contributed by atoms with Gasteiger partial charge in [0.05, 0.1) is 18.7 Å². The number of carbonyl (C=O) groups excluding carboxylic acids is 2. The van der Waals surface area contributed by atoms with Gasteiger partial charge in [0.25, 0.3) is 11.7 Å². The molecule has 2 aromatic rings. The molecule has 0 saturated carbocycles. The van der Waals surface area contributed by atoms with E-state index in [4.69, 9.17) is 4.74 Å². The molecule has 5 nitrogen and oxygen atoms in total. The Kier molecular flexibility index (Phi) is 4.63. The van der Waals surface area contributed by atoms with Gasteiger partial charge in [0.1, 0.15) is 11.5 Å². The average Bonchev–Trinajstić information content (AvgIpc) is 2.86. The zero-order valence-electron chi connectivity index (χ0n) is 13.7. The first kappa shape index (κ1) is 17.2. The van der Waals surface area contributed by atoms with E-state index in [0.717, 1.165) is 10.0 Å². The highest BCUT2D eigenvalue weighted by Gasteiger charge is 2.44. The van der Waals surface area contributed by atoms with Crippen molar-refractivity contribution in [2.75, 3.05) is 14.2 Å². The van der Waals surface area contributed by atoms with Gasteiger partial charge in [-0.3, -0.25) is 9.59 Å². The molecule has 25 heavy (non-hydrogen) atoms. The lowest BCUT2D eigenvalue weighted by Crippen LogP contribution is -2.24. The summed E-state index contributed by atoms with van der Waals surface area (Å²) in [5.41, 5.74) is 1.29. The third-order valence-electron chi connectivity index (χ3n) is 4.22. The van der Waals surface area contributed by atoms with Gasteiger partial charge in [0.15, 0.2) is 0 Å². The predicted octanol–water partition coefficient (Wildman–Crippen LogP) is 3.51. The monoisotopic (exact) mass is 401 g/mol. The van der Waals surface area contributed by atoms with E-state index in [9.17, 15) is 14.7 Å². The molecule has 0 radical (unpaired) electrons. The van der Waals surface area contributed by atoms with Crippen LogP contribution in [0.2, 0.25) is 0 Å². The highest BCUT2D eigenvalue weighted by Crippen LogP contribution is 2.38. The number of rotatable bonds is 3. The summed E-state index contributed by atoms with van der Waals surface area (Å²) in [5, 5.41) is 10.7. The number of aliphatic hydroxyl groups is 1. The molecule has 1 heterocycles. The molecule has 1 unspecified atom stereocenters. The SMILES string of the molecule is COc1ccc(C2C(=C(O)c3ccc(Br)cc3)C(=O)C(=O)N2C)cc1. The van der Waals surface area contributed by atoms with Crippen molar-refractivity contribution in [2.45, 2.75) is 6.04 Å². The minimum absolute atomic E-state index is 0.0833. The van der Waals surface area contributed by atoms with Crippen molar-refractivity contribution in [3.8, 4) is 5.75 Å². The Balaban J connectivity index is 2.13. The van der Waals surface area contributed by atoms with E-state index in [1.165, 1.54) is 4.90 Å². The first-order valence-electron chi connectivity index (χ1n) is 7.58. The quantitative estimate of drug-likeness (QED) is 0.485. The van der Waals surface area contributed by atoms with E-state index in [2.05, 4.69) is 15.9 Å². The van der Waals surface area contributed by atoms with E-state index in [0.29, 0.717) is 11.3 Å². The van der Waals surface area contributed by atoms with Gasteiger partial charge < -0.3 is 14.7 Å². The second-order valence-corrected chi connectivity index (χ2v) is 6.61. The molecule has 1 fully saturated rings. The molecule has 3 rings (SSSR count). The standard InChI is InChI=1S/C19H16BrNO4/c1-21-16(11-5-9-14(25-2)10-6-11)15(18(23)19(21)24)17(22)12-3-7-13(20)8-4-12/h3-10,16,22H,1-2H3. The lowest BCUT2D eigenvalue weighted by Gasteiger charge is -2.21. The Hall–Kier alpha value is -2.60. The number of ketones is 1. The maximum Gasteiger partial charge on any atom is 0.295 e. The number of benzene rings is 2. The number of hydrogen-bond donors (Lipinski definition) is 1. The van der Waals surface area contributed by atoms with Crippen molar-refractivity contribution in [1.82, 2.24) is 4.90 Å². The van der Waals surface area contributed by atoms with E-state index in [-0.39, 0.29) is 11.3 Å². The minimum atomic E-state index is -0.691. The lowest BCUT2D eigenvalue weighted by molar-refractivity contribution is -0.139. The average molecular weight is 402 g/mol. The van der Waals surface area contributed by atoms with Gasteiger partial charge >= 0.3 is 0 Å². The second-order valence-electron chi connectivity index (χ2n) is 5.69. The molecule has 128 valence electrons. The normalized spacial score (nSPS) is 19.3. The number of likely N-dealkylation sites (N-methyl/N-ethyl adjacent to an activating group) is 1. The zero-order valence-corrected chi connectivity index (χ0v) is 15.3. The van der Waals surface area contributed by atoms with Crippen LogP contribution >= 0.6 is 15.9 Å². The van der Waals surface area contributed by atoms with Crippen molar-refractivity contribution < 1.29 is 19.4 Å².